The molecular formula is C13H17S. The van der Waals surface area contributed by atoms with Gasteiger partial charge in [0, 0.05) is 0 Å². The number of thioether (sulfide) groups is 1. The van der Waals surface area contributed by atoms with Gasteiger partial charge in [0.15, 0.2) is 0 Å². The van der Waals surface area contributed by atoms with Crippen LogP contribution in [0.15, 0.2) is 34.3 Å². The van der Waals surface area contributed by atoms with Gasteiger partial charge in [0.25, 0.3) is 0 Å². The zero-order valence-electron chi connectivity index (χ0n) is 8.97. The number of allylic oxidation sites excluding steroid dienone is 5. The second-order valence-electron chi connectivity index (χ2n) is 3.80. The molecule has 0 N–H and O–H groups in total. The summed E-state index contributed by atoms with van der Waals surface area (Å²) < 4.78 is 0. The maximum absolute atomic E-state index is 2.27. The third-order valence-electron chi connectivity index (χ3n) is 2.62. The highest BCUT2D eigenvalue weighted by Crippen LogP contribution is 2.52. The Balaban J connectivity index is 2.15. The molecule has 0 spiro atoms. The van der Waals surface area contributed by atoms with E-state index in [1.165, 1.54) is 36.8 Å². The van der Waals surface area contributed by atoms with Gasteiger partial charge in [0.05, 0.1) is 5.25 Å². The van der Waals surface area contributed by atoms with E-state index in [0.717, 1.165) is 0 Å². The first-order valence-electron chi connectivity index (χ1n) is 5.52. The average molecular weight is 205 g/mol. The summed E-state index contributed by atoms with van der Waals surface area (Å²) in [5.41, 5.74) is 3.03. The van der Waals surface area contributed by atoms with Gasteiger partial charge in [-0.3, -0.25) is 0 Å². The first-order valence-corrected chi connectivity index (χ1v) is 6.34. The maximum Gasteiger partial charge on any atom is 0.0649 e. The van der Waals surface area contributed by atoms with Crippen LogP contribution in [-0.4, -0.2) is 0 Å². The summed E-state index contributed by atoms with van der Waals surface area (Å²) in [5, 5.41) is 1.59. The highest BCUT2D eigenvalue weighted by atomic mass is 32.2. The second kappa shape index (κ2) is 4.39. The van der Waals surface area contributed by atoms with Crippen molar-refractivity contribution in [3.63, 3.8) is 0 Å². The Hall–Kier alpha value is -0.430. The Morgan fingerprint density at radius 2 is 1.93 bits per heavy atom. The average Bonchev–Trinajstić information content (AvgIpc) is 2.72. The predicted molar refractivity (Wildman–Crippen MR) is 64.9 cm³/mol. The summed E-state index contributed by atoms with van der Waals surface area (Å²) >= 11 is 2.03. The fourth-order valence-corrected chi connectivity index (χ4v) is 3.48. The van der Waals surface area contributed by atoms with Crippen LogP contribution in [0.1, 0.15) is 39.5 Å². The van der Waals surface area contributed by atoms with Gasteiger partial charge >= 0.3 is 0 Å². The van der Waals surface area contributed by atoms with Crippen molar-refractivity contribution < 1.29 is 0 Å². The number of fused-ring (bicyclic) bond motifs is 1. The van der Waals surface area contributed by atoms with Crippen LogP contribution in [0, 0.1) is 5.25 Å². The van der Waals surface area contributed by atoms with Crippen LogP contribution in [0.25, 0.3) is 0 Å². The molecule has 0 saturated carbocycles. The summed E-state index contributed by atoms with van der Waals surface area (Å²) in [4.78, 5) is 1.59. The lowest BCUT2D eigenvalue weighted by Crippen LogP contribution is -1.89. The topological polar surface area (TPSA) is 0 Å². The van der Waals surface area contributed by atoms with E-state index in [1.54, 1.807) is 10.2 Å². The third kappa shape index (κ3) is 1.70. The first-order chi connectivity index (χ1) is 6.86. The van der Waals surface area contributed by atoms with E-state index in [0.29, 0.717) is 0 Å². The lowest BCUT2D eigenvalue weighted by Gasteiger charge is -2.08. The van der Waals surface area contributed by atoms with Crippen LogP contribution in [0.4, 0.5) is 0 Å². The molecule has 1 radical (unpaired) electrons. The second-order valence-corrected chi connectivity index (χ2v) is 4.99. The number of hydrogen-bond acceptors (Lipinski definition) is 1. The van der Waals surface area contributed by atoms with Gasteiger partial charge in [0.2, 0.25) is 0 Å². The molecule has 1 aliphatic carbocycles. The Morgan fingerprint density at radius 3 is 2.64 bits per heavy atom. The molecule has 1 aliphatic heterocycles. The summed E-state index contributed by atoms with van der Waals surface area (Å²) in [6.07, 6.45) is 11.7. The minimum absolute atomic E-state index is 1.24. The Bertz CT molecular complexity index is 307. The van der Waals surface area contributed by atoms with E-state index < -0.39 is 0 Å². The Labute approximate surface area is 91.2 Å². The highest BCUT2D eigenvalue weighted by molar-refractivity contribution is 8.06. The Morgan fingerprint density at radius 1 is 1.14 bits per heavy atom. The molecule has 1 heterocycles. The van der Waals surface area contributed by atoms with E-state index in [-0.39, 0.29) is 0 Å². The van der Waals surface area contributed by atoms with Crippen molar-refractivity contribution in [3.05, 3.63) is 39.5 Å². The zero-order chi connectivity index (χ0) is 9.97. The largest absolute Gasteiger partial charge is 0.116 e. The minimum atomic E-state index is 1.24. The summed E-state index contributed by atoms with van der Waals surface area (Å²) in [6, 6.07) is 0. The van der Waals surface area contributed by atoms with Crippen LogP contribution >= 0.6 is 11.8 Å². The van der Waals surface area contributed by atoms with Crippen LogP contribution < -0.4 is 0 Å². The lowest BCUT2D eigenvalue weighted by molar-refractivity contribution is 0.897. The van der Waals surface area contributed by atoms with Crippen molar-refractivity contribution >= 4 is 11.8 Å². The van der Waals surface area contributed by atoms with Crippen LogP contribution in [0.5, 0.6) is 0 Å². The molecule has 2 aliphatic rings. The van der Waals surface area contributed by atoms with Crippen molar-refractivity contribution in [1.29, 1.82) is 0 Å². The standard InChI is InChI=1S/C13H17S/c1-3-6-12-10-8-5-9-11(10)13(14-12)7-4-2/h5,8-9H,3-4,6-7H2,1-2H3. The van der Waals surface area contributed by atoms with E-state index >= 15 is 0 Å². The summed E-state index contributed by atoms with van der Waals surface area (Å²) in [5.74, 6) is 0. The fraction of sp³-hybridized carbons (Fsp3) is 0.462. The molecule has 2 rings (SSSR count). The maximum atomic E-state index is 2.27. The normalized spacial score (nSPS) is 20.6. The van der Waals surface area contributed by atoms with Gasteiger partial charge in [-0.15, -0.1) is 11.8 Å². The van der Waals surface area contributed by atoms with E-state index in [1.807, 2.05) is 11.8 Å². The predicted octanol–water partition coefficient (Wildman–Crippen LogP) is 4.62. The molecule has 0 aromatic carbocycles. The van der Waals surface area contributed by atoms with E-state index in [9.17, 15) is 0 Å². The molecule has 0 aromatic rings. The van der Waals surface area contributed by atoms with Gasteiger partial charge < -0.3 is 0 Å². The van der Waals surface area contributed by atoms with E-state index in [2.05, 4.69) is 32.1 Å². The molecule has 0 saturated heterocycles. The zero-order valence-corrected chi connectivity index (χ0v) is 9.79. The summed E-state index contributed by atoms with van der Waals surface area (Å²) in [6.45, 7) is 4.52. The minimum Gasteiger partial charge on any atom is -0.116 e. The molecule has 1 heteroatoms. The van der Waals surface area contributed by atoms with Crippen LogP contribution in [0.3, 0.4) is 0 Å². The van der Waals surface area contributed by atoms with Crippen molar-refractivity contribution in [2.75, 3.05) is 0 Å². The van der Waals surface area contributed by atoms with Gasteiger partial charge in [0.1, 0.15) is 0 Å². The first kappa shape index (κ1) is 10.1. The lowest BCUT2D eigenvalue weighted by atomic mass is 10.0. The quantitative estimate of drug-likeness (QED) is 0.645. The smallest absolute Gasteiger partial charge is 0.0649 e. The summed E-state index contributed by atoms with van der Waals surface area (Å²) in [7, 11) is 0. The third-order valence-corrected chi connectivity index (χ3v) is 3.96. The van der Waals surface area contributed by atoms with Crippen LogP contribution in [0.2, 0.25) is 0 Å². The number of rotatable bonds is 4. The fourth-order valence-electron chi connectivity index (χ4n) is 1.99. The SMILES string of the molecule is CCC[C]1SC(CCC)=C2C=CC=C12. The molecule has 0 unspecified atom stereocenters. The van der Waals surface area contributed by atoms with Crippen molar-refractivity contribution in [2.45, 2.75) is 39.5 Å². The highest BCUT2D eigenvalue weighted by Gasteiger charge is 2.29. The van der Waals surface area contributed by atoms with Crippen LogP contribution in [-0.2, 0) is 0 Å². The molecule has 0 bridgehead atoms. The van der Waals surface area contributed by atoms with Crippen molar-refractivity contribution in [3.8, 4) is 0 Å². The molecule has 0 nitrogen and oxygen atoms in total. The van der Waals surface area contributed by atoms with Gasteiger partial charge in [-0.1, -0.05) is 44.9 Å². The molecule has 0 atom stereocenters. The molecular weight excluding hydrogens is 188 g/mol. The molecule has 75 valence electrons. The molecule has 0 amide bonds. The monoisotopic (exact) mass is 205 g/mol. The van der Waals surface area contributed by atoms with Gasteiger partial charge in [-0.25, -0.2) is 0 Å². The van der Waals surface area contributed by atoms with Gasteiger partial charge in [-0.2, -0.15) is 0 Å². The molecule has 0 fully saturated rings. The molecule has 14 heavy (non-hydrogen) atoms. The Kier molecular flexibility index (Phi) is 3.17. The van der Waals surface area contributed by atoms with Crippen molar-refractivity contribution in [1.82, 2.24) is 0 Å². The molecule has 0 aromatic heterocycles. The van der Waals surface area contributed by atoms with E-state index in [4.69, 9.17) is 0 Å². The van der Waals surface area contributed by atoms with Gasteiger partial charge in [-0.05, 0) is 28.9 Å². The number of hydrogen-bond donors (Lipinski definition) is 0. The van der Waals surface area contributed by atoms with Crippen molar-refractivity contribution in [2.24, 2.45) is 0 Å².